The van der Waals surface area contributed by atoms with Crippen molar-refractivity contribution in [1.29, 1.82) is 0 Å². The summed E-state index contributed by atoms with van der Waals surface area (Å²) in [4.78, 5) is 11.5. The Morgan fingerprint density at radius 3 is 2.43 bits per heavy atom. The van der Waals surface area contributed by atoms with E-state index in [4.69, 9.17) is 5.11 Å². The van der Waals surface area contributed by atoms with Crippen molar-refractivity contribution < 1.29 is 20.1 Å². The molecule has 5 nitrogen and oxygen atoms in total. The molecule has 23 heavy (non-hydrogen) atoms. The fraction of sp³-hybridized carbons (Fsp3) is 0.500. The average molecular weight is 319 g/mol. The van der Waals surface area contributed by atoms with Gasteiger partial charge in [-0.2, -0.15) is 0 Å². The quantitative estimate of drug-likeness (QED) is 0.733. The molecule has 0 amide bonds. The number of rotatable bonds is 7. The summed E-state index contributed by atoms with van der Waals surface area (Å²) in [5.74, 6) is -0.760. The summed E-state index contributed by atoms with van der Waals surface area (Å²) in [6.07, 6.45) is 1.32. The number of benzene rings is 1. The van der Waals surface area contributed by atoms with E-state index in [1.54, 1.807) is 12.1 Å². The van der Waals surface area contributed by atoms with Crippen LogP contribution in [0.25, 0.3) is 10.9 Å². The third kappa shape index (κ3) is 3.26. The largest absolute Gasteiger partial charge is 0.478 e. The fourth-order valence-electron chi connectivity index (χ4n) is 3.23. The Morgan fingerprint density at radius 1 is 1.22 bits per heavy atom. The number of hydrogen-bond acceptors (Lipinski definition) is 3. The third-order valence-electron chi connectivity index (χ3n) is 4.35. The van der Waals surface area contributed by atoms with Crippen LogP contribution in [-0.4, -0.2) is 39.1 Å². The van der Waals surface area contributed by atoms with Crippen LogP contribution < -0.4 is 0 Å². The lowest BCUT2D eigenvalue weighted by Crippen LogP contribution is -2.07. The second-order valence-corrected chi connectivity index (χ2v) is 6.19. The molecule has 0 atom stereocenters. The summed E-state index contributed by atoms with van der Waals surface area (Å²) in [5, 5.41) is 28.9. The lowest BCUT2D eigenvalue weighted by molar-refractivity contribution is 0.0697. The van der Waals surface area contributed by atoms with Crippen molar-refractivity contribution >= 4 is 16.9 Å². The van der Waals surface area contributed by atoms with Gasteiger partial charge in [0.15, 0.2) is 0 Å². The summed E-state index contributed by atoms with van der Waals surface area (Å²) >= 11 is 0. The molecule has 0 aliphatic carbocycles. The molecule has 0 saturated carbocycles. The number of fused-ring (bicyclic) bond motifs is 1. The fourth-order valence-corrected chi connectivity index (χ4v) is 3.23. The van der Waals surface area contributed by atoms with Crippen molar-refractivity contribution in [3.05, 3.63) is 34.5 Å². The minimum atomic E-state index is -0.936. The Balaban J connectivity index is 2.83. The monoisotopic (exact) mass is 319 g/mol. The molecule has 126 valence electrons. The first-order chi connectivity index (χ1) is 10.9. The van der Waals surface area contributed by atoms with Gasteiger partial charge in [0, 0.05) is 24.2 Å². The molecule has 3 N–H and O–H groups in total. The van der Waals surface area contributed by atoms with Crippen LogP contribution in [0, 0.1) is 6.92 Å². The number of carbonyl (C=O) groups is 1. The molecule has 0 fully saturated rings. The minimum Gasteiger partial charge on any atom is -0.478 e. The second kappa shape index (κ2) is 7.15. The van der Waals surface area contributed by atoms with Crippen molar-refractivity contribution in [1.82, 2.24) is 4.57 Å². The number of aliphatic hydroxyl groups excluding tert-OH is 2. The Labute approximate surface area is 136 Å². The highest BCUT2D eigenvalue weighted by Gasteiger charge is 2.20. The second-order valence-electron chi connectivity index (χ2n) is 6.19. The van der Waals surface area contributed by atoms with Gasteiger partial charge in [-0.3, -0.25) is 0 Å². The van der Waals surface area contributed by atoms with E-state index in [1.807, 2.05) is 20.8 Å². The standard InChI is InChI=1S/C18H25NO4/c1-11(2)15-9-13(18(22)23)10-16-14(5-4-7-20)12(3)19(6-8-21)17(15)16/h9-11,20-21H,4-8H2,1-3H3,(H,22,23). The van der Waals surface area contributed by atoms with E-state index < -0.39 is 5.97 Å². The zero-order valence-corrected chi connectivity index (χ0v) is 14.0. The normalized spacial score (nSPS) is 11.6. The summed E-state index contributed by atoms with van der Waals surface area (Å²) in [5.41, 5.74) is 4.36. The molecule has 0 radical (unpaired) electrons. The molecule has 0 spiro atoms. The molecule has 0 aliphatic heterocycles. The van der Waals surface area contributed by atoms with Gasteiger partial charge in [-0.25, -0.2) is 4.79 Å². The minimum absolute atomic E-state index is 0.0300. The molecule has 5 heteroatoms. The van der Waals surface area contributed by atoms with Gasteiger partial charge in [-0.15, -0.1) is 0 Å². The van der Waals surface area contributed by atoms with E-state index >= 15 is 0 Å². The van der Waals surface area contributed by atoms with Crippen LogP contribution in [0.2, 0.25) is 0 Å². The van der Waals surface area contributed by atoms with E-state index in [0.717, 1.165) is 27.7 Å². The summed E-state index contributed by atoms with van der Waals surface area (Å²) in [6, 6.07) is 3.45. The van der Waals surface area contributed by atoms with E-state index in [1.165, 1.54) is 0 Å². The number of carboxylic acids is 1. The van der Waals surface area contributed by atoms with E-state index in [0.29, 0.717) is 19.4 Å². The van der Waals surface area contributed by atoms with Gasteiger partial charge in [0.2, 0.25) is 0 Å². The van der Waals surface area contributed by atoms with E-state index in [2.05, 4.69) is 4.57 Å². The lowest BCUT2D eigenvalue weighted by Gasteiger charge is -2.14. The number of hydrogen-bond donors (Lipinski definition) is 3. The first kappa shape index (κ1) is 17.5. The van der Waals surface area contributed by atoms with Crippen molar-refractivity contribution in [3.8, 4) is 0 Å². The number of nitrogens with zero attached hydrogens (tertiary/aromatic N) is 1. The molecule has 1 aromatic heterocycles. The van der Waals surface area contributed by atoms with Gasteiger partial charge < -0.3 is 19.9 Å². The maximum Gasteiger partial charge on any atom is 0.335 e. The predicted octanol–water partition coefficient (Wildman–Crippen LogP) is 2.69. The number of aromatic nitrogens is 1. The highest BCUT2D eigenvalue weighted by molar-refractivity contribution is 5.97. The molecule has 1 aromatic carbocycles. The van der Waals surface area contributed by atoms with Crippen molar-refractivity contribution in [2.24, 2.45) is 0 Å². The van der Waals surface area contributed by atoms with Crippen LogP contribution in [0.1, 0.15) is 53.4 Å². The average Bonchev–Trinajstić information content (AvgIpc) is 2.77. The molecule has 0 bridgehead atoms. The van der Waals surface area contributed by atoms with Crippen LogP contribution >= 0.6 is 0 Å². The molecule has 0 aliphatic rings. The molecule has 0 saturated heterocycles. The Morgan fingerprint density at radius 2 is 1.91 bits per heavy atom. The zero-order valence-electron chi connectivity index (χ0n) is 14.0. The van der Waals surface area contributed by atoms with Gasteiger partial charge >= 0.3 is 5.97 Å². The van der Waals surface area contributed by atoms with Gasteiger partial charge in [0.05, 0.1) is 17.7 Å². The first-order valence-electron chi connectivity index (χ1n) is 8.03. The van der Waals surface area contributed by atoms with Crippen LogP contribution in [0.5, 0.6) is 0 Å². The maximum absolute atomic E-state index is 11.5. The zero-order chi connectivity index (χ0) is 17.1. The number of aromatic carboxylic acids is 1. The highest BCUT2D eigenvalue weighted by Crippen LogP contribution is 2.34. The highest BCUT2D eigenvalue weighted by atomic mass is 16.4. The molecule has 1 heterocycles. The van der Waals surface area contributed by atoms with Gasteiger partial charge in [-0.05, 0) is 48.9 Å². The number of carboxylic acid groups (broad SMARTS) is 1. The molecule has 2 aromatic rings. The topological polar surface area (TPSA) is 82.7 Å². The third-order valence-corrected chi connectivity index (χ3v) is 4.35. The molecule has 2 rings (SSSR count). The van der Waals surface area contributed by atoms with Gasteiger partial charge in [-0.1, -0.05) is 13.8 Å². The van der Waals surface area contributed by atoms with Gasteiger partial charge in [0.25, 0.3) is 0 Å². The van der Waals surface area contributed by atoms with E-state index in [9.17, 15) is 15.0 Å². The number of aryl methyl sites for hydroxylation is 1. The molecule has 0 unspecified atom stereocenters. The molecular formula is C18H25NO4. The maximum atomic E-state index is 11.5. The predicted molar refractivity (Wildman–Crippen MR) is 90.2 cm³/mol. The SMILES string of the molecule is Cc1c(CCCO)c2cc(C(=O)O)cc(C(C)C)c2n1CCO. The number of aliphatic hydroxyl groups is 2. The van der Waals surface area contributed by atoms with Crippen LogP contribution in [0.15, 0.2) is 12.1 Å². The van der Waals surface area contributed by atoms with E-state index in [-0.39, 0.29) is 24.7 Å². The van der Waals surface area contributed by atoms with Crippen LogP contribution in [0.4, 0.5) is 0 Å². The lowest BCUT2D eigenvalue weighted by atomic mass is 9.95. The Kier molecular flexibility index (Phi) is 5.44. The Hall–Kier alpha value is -1.85. The Bertz CT molecular complexity index is 716. The smallest absolute Gasteiger partial charge is 0.335 e. The van der Waals surface area contributed by atoms with Crippen molar-refractivity contribution in [3.63, 3.8) is 0 Å². The summed E-state index contributed by atoms with van der Waals surface area (Å²) in [6.45, 7) is 6.68. The summed E-state index contributed by atoms with van der Waals surface area (Å²) in [7, 11) is 0. The van der Waals surface area contributed by atoms with Crippen molar-refractivity contribution in [2.75, 3.05) is 13.2 Å². The summed E-state index contributed by atoms with van der Waals surface area (Å²) < 4.78 is 2.07. The molecular weight excluding hydrogens is 294 g/mol. The van der Waals surface area contributed by atoms with Gasteiger partial charge in [0.1, 0.15) is 0 Å². The van der Waals surface area contributed by atoms with Crippen molar-refractivity contribution in [2.45, 2.75) is 46.1 Å². The van der Waals surface area contributed by atoms with Crippen LogP contribution in [0.3, 0.4) is 0 Å². The first-order valence-corrected chi connectivity index (χ1v) is 8.03. The van der Waals surface area contributed by atoms with Crippen LogP contribution in [-0.2, 0) is 13.0 Å².